The largest absolute Gasteiger partial charge is 0.481 e. The zero-order chi connectivity index (χ0) is 12.1. The highest BCUT2D eigenvalue weighted by atomic mass is 32.1. The number of aromatic amines is 1. The number of rotatable bonds is 5. The van der Waals surface area contributed by atoms with Gasteiger partial charge in [-0.15, -0.1) is 0 Å². The summed E-state index contributed by atoms with van der Waals surface area (Å²) >= 11 is 4.93. The summed E-state index contributed by atoms with van der Waals surface area (Å²) < 4.78 is 1.67. The fraction of sp³-hybridized carbons (Fsp3) is 0.556. The summed E-state index contributed by atoms with van der Waals surface area (Å²) in [5.74, 6) is -0.953. The van der Waals surface area contributed by atoms with Gasteiger partial charge in [0.2, 0.25) is 0 Å². The second-order valence-electron chi connectivity index (χ2n) is 3.33. The topological polar surface area (TPSA) is 88.0 Å². The minimum Gasteiger partial charge on any atom is -0.481 e. The second-order valence-corrected chi connectivity index (χ2v) is 3.71. The fourth-order valence-corrected chi connectivity index (χ4v) is 1.51. The zero-order valence-corrected chi connectivity index (χ0v) is 9.71. The van der Waals surface area contributed by atoms with E-state index >= 15 is 0 Å². The Morgan fingerprint density at radius 3 is 2.88 bits per heavy atom. The molecule has 1 aromatic heterocycles. The molecule has 0 saturated heterocycles. The number of aromatic nitrogens is 3. The molecule has 0 atom stereocenters. The van der Waals surface area contributed by atoms with E-state index < -0.39 is 5.97 Å². The van der Waals surface area contributed by atoms with Crippen LogP contribution in [0.5, 0.6) is 0 Å². The third-order valence-electron chi connectivity index (χ3n) is 2.05. The van der Waals surface area contributed by atoms with Crippen molar-refractivity contribution in [3.63, 3.8) is 0 Å². The summed E-state index contributed by atoms with van der Waals surface area (Å²) in [6.45, 7) is 2.44. The van der Waals surface area contributed by atoms with E-state index in [4.69, 9.17) is 17.3 Å². The number of nitrogens with one attached hydrogen (secondary N) is 1. The minimum absolute atomic E-state index is 0.112. The van der Waals surface area contributed by atoms with Crippen LogP contribution in [0.1, 0.15) is 25.5 Å². The molecule has 0 aromatic carbocycles. The minimum atomic E-state index is -0.953. The molecule has 0 unspecified atom stereocenters. The number of carbonyl (C=O) groups is 1. The normalized spacial score (nSPS) is 10.3. The second kappa shape index (κ2) is 5.55. The van der Waals surface area contributed by atoms with E-state index in [9.17, 15) is 9.59 Å². The van der Waals surface area contributed by atoms with E-state index in [1.165, 1.54) is 4.57 Å². The molecule has 0 amide bonds. The summed E-state index contributed by atoms with van der Waals surface area (Å²) in [6, 6.07) is 0. The average Bonchev–Trinajstić information content (AvgIpc) is 2.23. The first-order chi connectivity index (χ1) is 7.56. The quantitative estimate of drug-likeness (QED) is 0.744. The van der Waals surface area contributed by atoms with E-state index in [0.717, 1.165) is 6.42 Å². The van der Waals surface area contributed by atoms with Crippen LogP contribution in [0.25, 0.3) is 0 Å². The van der Waals surface area contributed by atoms with Crippen LogP contribution < -0.4 is 5.56 Å². The van der Waals surface area contributed by atoms with Gasteiger partial charge in [-0.2, -0.15) is 5.10 Å². The Morgan fingerprint density at radius 2 is 2.31 bits per heavy atom. The van der Waals surface area contributed by atoms with E-state index in [1.54, 1.807) is 0 Å². The molecule has 0 bridgehead atoms. The Kier molecular flexibility index (Phi) is 4.36. The molecular weight excluding hydrogens is 230 g/mol. The Bertz CT molecular complexity index is 492. The SMILES string of the molecule is CCCn1c(=S)[nH]nc(CCC(=O)O)c1=O. The lowest BCUT2D eigenvalue weighted by Gasteiger charge is -2.05. The van der Waals surface area contributed by atoms with Gasteiger partial charge in [-0.1, -0.05) is 6.92 Å². The van der Waals surface area contributed by atoms with E-state index in [2.05, 4.69) is 10.2 Å². The number of H-pyrrole nitrogens is 1. The molecule has 2 N–H and O–H groups in total. The Labute approximate surface area is 96.9 Å². The van der Waals surface area contributed by atoms with Crippen LogP contribution in [0.15, 0.2) is 4.79 Å². The van der Waals surface area contributed by atoms with Crippen LogP contribution in [0.2, 0.25) is 0 Å². The number of aliphatic carboxylic acids is 1. The van der Waals surface area contributed by atoms with Gasteiger partial charge < -0.3 is 5.11 Å². The lowest BCUT2D eigenvalue weighted by Crippen LogP contribution is -2.27. The number of nitrogens with zero attached hydrogens (tertiary/aromatic N) is 2. The third-order valence-corrected chi connectivity index (χ3v) is 2.36. The number of carboxylic acid groups (broad SMARTS) is 1. The summed E-state index contributed by atoms with van der Waals surface area (Å²) in [7, 11) is 0. The number of carboxylic acids is 1. The molecule has 0 aliphatic heterocycles. The molecule has 1 aromatic rings. The summed E-state index contributed by atoms with van der Waals surface area (Å²) in [6.07, 6.45) is 0.781. The highest BCUT2D eigenvalue weighted by Crippen LogP contribution is 1.94. The predicted molar refractivity (Wildman–Crippen MR) is 59.9 cm³/mol. The van der Waals surface area contributed by atoms with Gasteiger partial charge in [0, 0.05) is 13.0 Å². The molecule has 1 heterocycles. The Morgan fingerprint density at radius 1 is 1.62 bits per heavy atom. The van der Waals surface area contributed by atoms with Crippen LogP contribution in [-0.4, -0.2) is 25.8 Å². The van der Waals surface area contributed by atoms with Crippen LogP contribution >= 0.6 is 12.2 Å². The first-order valence-corrected chi connectivity index (χ1v) is 5.37. The van der Waals surface area contributed by atoms with E-state index in [-0.39, 0.29) is 28.9 Å². The van der Waals surface area contributed by atoms with Gasteiger partial charge in [0.1, 0.15) is 5.69 Å². The monoisotopic (exact) mass is 243 g/mol. The molecule has 88 valence electrons. The predicted octanol–water partition coefficient (Wildman–Crippen LogP) is 0.728. The molecule has 6 nitrogen and oxygen atoms in total. The lowest BCUT2D eigenvalue weighted by molar-refractivity contribution is -0.136. The van der Waals surface area contributed by atoms with Gasteiger partial charge in [-0.25, -0.2) is 0 Å². The van der Waals surface area contributed by atoms with E-state index in [0.29, 0.717) is 6.54 Å². The third kappa shape index (κ3) is 2.99. The first kappa shape index (κ1) is 12.6. The van der Waals surface area contributed by atoms with Gasteiger partial charge in [0.25, 0.3) is 5.56 Å². The molecule has 1 rings (SSSR count). The summed E-state index contributed by atoms with van der Waals surface area (Å²) in [4.78, 5) is 22.2. The van der Waals surface area contributed by atoms with Gasteiger partial charge in [-0.3, -0.25) is 19.3 Å². The Balaban J connectivity index is 3.04. The fourth-order valence-electron chi connectivity index (χ4n) is 1.29. The molecule has 0 aliphatic carbocycles. The van der Waals surface area contributed by atoms with Crippen molar-refractivity contribution in [1.29, 1.82) is 0 Å². The van der Waals surface area contributed by atoms with Crippen LogP contribution in [0.3, 0.4) is 0 Å². The molecule has 0 fully saturated rings. The van der Waals surface area contributed by atoms with E-state index in [1.807, 2.05) is 6.92 Å². The molecule has 0 saturated carbocycles. The van der Waals surface area contributed by atoms with Crippen LogP contribution in [-0.2, 0) is 17.8 Å². The number of aryl methyl sites for hydroxylation is 1. The summed E-state index contributed by atoms with van der Waals surface area (Å²) in [5, 5.41) is 14.8. The maximum atomic E-state index is 11.8. The van der Waals surface area contributed by atoms with Gasteiger partial charge in [0.15, 0.2) is 4.77 Å². The summed E-state index contributed by atoms with van der Waals surface area (Å²) in [5.41, 5.74) is -0.0868. The highest BCUT2D eigenvalue weighted by molar-refractivity contribution is 7.71. The van der Waals surface area contributed by atoms with Crippen molar-refractivity contribution in [2.24, 2.45) is 0 Å². The maximum Gasteiger partial charge on any atom is 0.303 e. The average molecular weight is 243 g/mol. The molecule has 0 aliphatic rings. The van der Waals surface area contributed by atoms with Crippen molar-refractivity contribution in [3.05, 3.63) is 20.8 Å². The number of hydrogen-bond acceptors (Lipinski definition) is 4. The van der Waals surface area contributed by atoms with Gasteiger partial charge in [-0.05, 0) is 18.6 Å². The van der Waals surface area contributed by atoms with Crippen molar-refractivity contribution >= 4 is 18.2 Å². The molecular formula is C9H13N3O3S. The molecule has 7 heteroatoms. The lowest BCUT2D eigenvalue weighted by atomic mass is 10.2. The standard InChI is InChI=1S/C9H13N3O3S/c1-2-5-12-8(15)6(3-4-7(13)14)10-11-9(12)16/h2-5H2,1H3,(H,11,16)(H,13,14). The maximum absolute atomic E-state index is 11.8. The zero-order valence-electron chi connectivity index (χ0n) is 8.89. The van der Waals surface area contributed by atoms with Crippen LogP contribution in [0.4, 0.5) is 0 Å². The molecule has 0 radical (unpaired) electrons. The van der Waals surface area contributed by atoms with Gasteiger partial charge in [0.05, 0.1) is 6.42 Å². The molecule has 0 spiro atoms. The first-order valence-electron chi connectivity index (χ1n) is 4.96. The Hall–Kier alpha value is -1.50. The molecule has 16 heavy (non-hydrogen) atoms. The van der Waals surface area contributed by atoms with Crippen molar-refractivity contribution < 1.29 is 9.90 Å². The van der Waals surface area contributed by atoms with Gasteiger partial charge >= 0.3 is 5.97 Å². The van der Waals surface area contributed by atoms with Crippen molar-refractivity contribution in [3.8, 4) is 0 Å². The van der Waals surface area contributed by atoms with Crippen molar-refractivity contribution in [2.75, 3.05) is 0 Å². The highest BCUT2D eigenvalue weighted by Gasteiger charge is 2.08. The smallest absolute Gasteiger partial charge is 0.303 e. The number of hydrogen-bond donors (Lipinski definition) is 2. The van der Waals surface area contributed by atoms with Crippen molar-refractivity contribution in [1.82, 2.24) is 14.8 Å². The van der Waals surface area contributed by atoms with Crippen molar-refractivity contribution in [2.45, 2.75) is 32.7 Å². The van der Waals surface area contributed by atoms with Crippen LogP contribution in [0, 0.1) is 4.77 Å².